The summed E-state index contributed by atoms with van der Waals surface area (Å²) in [4.78, 5) is 4.26. The molecular formula is C18H30N2O. The Bertz CT molecular complexity index is 385. The largest absolute Gasteiger partial charge is 0.377 e. The Hall–Kier alpha value is -0.930. The summed E-state index contributed by atoms with van der Waals surface area (Å²) in [6, 6.07) is 4.58. The molecule has 3 heteroatoms. The molecular weight excluding hydrogens is 260 g/mol. The average molecular weight is 290 g/mol. The molecule has 1 fully saturated rings. The Labute approximate surface area is 129 Å². The second kappa shape index (κ2) is 8.50. The number of methoxy groups -OCH3 is 1. The van der Waals surface area contributed by atoms with Crippen molar-refractivity contribution < 1.29 is 4.74 Å². The molecule has 21 heavy (non-hydrogen) atoms. The van der Waals surface area contributed by atoms with Crippen LogP contribution in [0.4, 0.5) is 0 Å². The van der Waals surface area contributed by atoms with Gasteiger partial charge in [-0.05, 0) is 43.9 Å². The van der Waals surface area contributed by atoms with Gasteiger partial charge in [0.25, 0.3) is 0 Å². The molecule has 1 saturated carbocycles. The topological polar surface area (TPSA) is 34.2 Å². The highest BCUT2D eigenvalue weighted by Crippen LogP contribution is 2.34. The predicted molar refractivity (Wildman–Crippen MR) is 87.5 cm³/mol. The number of pyridine rings is 1. The summed E-state index contributed by atoms with van der Waals surface area (Å²) in [6.07, 6.45) is 13.6. The zero-order valence-electron chi connectivity index (χ0n) is 13.6. The highest BCUT2D eigenvalue weighted by molar-refractivity contribution is 5.13. The van der Waals surface area contributed by atoms with Crippen molar-refractivity contribution in [1.82, 2.24) is 10.3 Å². The fraction of sp³-hybridized carbons (Fsp3) is 0.722. The van der Waals surface area contributed by atoms with Gasteiger partial charge in [0.05, 0.1) is 5.60 Å². The van der Waals surface area contributed by atoms with Crippen molar-refractivity contribution >= 4 is 0 Å². The number of ether oxygens (including phenoxy) is 1. The van der Waals surface area contributed by atoms with Crippen LogP contribution in [0.15, 0.2) is 24.5 Å². The lowest BCUT2D eigenvalue weighted by Crippen LogP contribution is -2.53. The first kappa shape index (κ1) is 16.4. The van der Waals surface area contributed by atoms with E-state index in [1.165, 1.54) is 44.1 Å². The van der Waals surface area contributed by atoms with E-state index < -0.39 is 0 Å². The molecule has 1 aromatic rings. The van der Waals surface area contributed by atoms with Gasteiger partial charge in [-0.25, -0.2) is 0 Å². The van der Waals surface area contributed by atoms with Gasteiger partial charge >= 0.3 is 0 Å². The van der Waals surface area contributed by atoms with Crippen molar-refractivity contribution in [2.24, 2.45) is 0 Å². The van der Waals surface area contributed by atoms with Crippen LogP contribution in [0, 0.1) is 0 Å². The first-order chi connectivity index (χ1) is 10.3. The Balaban J connectivity index is 2.15. The molecule has 118 valence electrons. The summed E-state index contributed by atoms with van der Waals surface area (Å²) in [5.74, 6) is 0. The Morgan fingerprint density at radius 1 is 1.29 bits per heavy atom. The van der Waals surface area contributed by atoms with Gasteiger partial charge < -0.3 is 10.1 Å². The van der Waals surface area contributed by atoms with Gasteiger partial charge in [-0.2, -0.15) is 0 Å². The molecule has 1 atom stereocenters. The molecule has 2 rings (SSSR count). The number of aromatic nitrogens is 1. The molecule has 1 aliphatic carbocycles. The molecule has 0 aliphatic heterocycles. The molecule has 1 aromatic heterocycles. The second-order valence-electron chi connectivity index (χ2n) is 6.26. The normalized spacial score (nSPS) is 19.9. The van der Waals surface area contributed by atoms with Gasteiger partial charge in [-0.15, -0.1) is 0 Å². The maximum atomic E-state index is 6.11. The summed E-state index contributed by atoms with van der Waals surface area (Å²) in [5.41, 5.74) is 1.29. The van der Waals surface area contributed by atoms with Gasteiger partial charge in [-0.1, -0.05) is 38.7 Å². The standard InChI is InChI=1S/C18H30N2O/c1-3-12-20-17(14-16-9-8-13-19-15-16)18(21-2)10-6-4-5-7-11-18/h8-9,13,15,17,20H,3-7,10-12,14H2,1-2H3. The van der Waals surface area contributed by atoms with Crippen LogP contribution in [0.3, 0.4) is 0 Å². The minimum absolute atomic E-state index is 0.0124. The smallest absolute Gasteiger partial charge is 0.0834 e. The average Bonchev–Trinajstić information content (AvgIpc) is 2.79. The zero-order chi connectivity index (χ0) is 15.0. The minimum atomic E-state index is -0.0124. The molecule has 1 heterocycles. The molecule has 3 nitrogen and oxygen atoms in total. The number of nitrogens with zero attached hydrogens (tertiary/aromatic N) is 1. The molecule has 0 bridgehead atoms. The molecule has 1 N–H and O–H groups in total. The maximum absolute atomic E-state index is 6.11. The first-order valence-corrected chi connectivity index (χ1v) is 8.48. The van der Waals surface area contributed by atoms with Crippen LogP contribution in [0.25, 0.3) is 0 Å². The molecule has 0 saturated heterocycles. The van der Waals surface area contributed by atoms with E-state index in [9.17, 15) is 0 Å². The highest BCUT2D eigenvalue weighted by Gasteiger charge is 2.38. The van der Waals surface area contributed by atoms with Crippen molar-refractivity contribution in [3.05, 3.63) is 30.1 Å². The van der Waals surface area contributed by atoms with E-state index in [4.69, 9.17) is 4.74 Å². The number of hydrogen-bond acceptors (Lipinski definition) is 3. The third-order valence-electron chi connectivity index (χ3n) is 4.79. The predicted octanol–water partition coefficient (Wildman–Crippen LogP) is 3.73. The van der Waals surface area contributed by atoms with Crippen molar-refractivity contribution in [2.75, 3.05) is 13.7 Å². The van der Waals surface area contributed by atoms with Gasteiger partial charge in [0.15, 0.2) is 0 Å². The van der Waals surface area contributed by atoms with Gasteiger partial charge in [0.2, 0.25) is 0 Å². The van der Waals surface area contributed by atoms with Crippen LogP contribution in [0.2, 0.25) is 0 Å². The lowest BCUT2D eigenvalue weighted by Gasteiger charge is -2.40. The molecule has 0 radical (unpaired) electrons. The summed E-state index contributed by atoms with van der Waals surface area (Å²) < 4.78 is 6.11. The van der Waals surface area contributed by atoms with Gasteiger partial charge in [-0.3, -0.25) is 4.98 Å². The van der Waals surface area contributed by atoms with Crippen LogP contribution in [0.5, 0.6) is 0 Å². The lowest BCUT2D eigenvalue weighted by molar-refractivity contribution is -0.0526. The van der Waals surface area contributed by atoms with E-state index >= 15 is 0 Å². The van der Waals surface area contributed by atoms with Crippen molar-refractivity contribution in [1.29, 1.82) is 0 Å². The third kappa shape index (κ3) is 4.52. The SMILES string of the molecule is CCCNC(Cc1cccnc1)C1(OC)CCCCCC1. The van der Waals surface area contributed by atoms with E-state index in [0.717, 1.165) is 19.4 Å². The van der Waals surface area contributed by atoms with Crippen LogP contribution in [0.1, 0.15) is 57.4 Å². The van der Waals surface area contributed by atoms with E-state index in [1.54, 1.807) is 0 Å². The van der Waals surface area contributed by atoms with E-state index in [-0.39, 0.29) is 5.60 Å². The quantitative estimate of drug-likeness (QED) is 0.777. The maximum Gasteiger partial charge on any atom is 0.0834 e. The van der Waals surface area contributed by atoms with Crippen LogP contribution >= 0.6 is 0 Å². The Kier molecular flexibility index (Phi) is 6.65. The molecule has 1 unspecified atom stereocenters. The fourth-order valence-electron chi connectivity index (χ4n) is 3.54. The van der Waals surface area contributed by atoms with Crippen molar-refractivity contribution in [3.63, 3.8) is 0 Å². The number of hydrogen-bond donors (Lipinski definition) is 1. The van der Waals surface area contributed by atoms with Gasteiger partial charge in [0.1, 0.15) is 0 Å². The van der Waals surface area contributed by atoms with E-state index in [1.807, 2.05) is 25.6 Å². The van der Waals surface area contributed by atoms with Crippen molar-refractivity contribution in [3.8, 4) is 0 Å². The second-order valence-corrected chi connectivity index (χ2v) is 6.26. The lowest BCUT2D eigenvalue weighted by atomic mass is 9.82. The Morgan fingerprint density at radius 3 is 2.62 bits per heavy atom. The van der Waals surface area contributed by atoms with Crippen LogP contribution in [-0.2, 0) is 11.2 Å². The fourth-order valence-corrected chi connectivity index (χ4v) is 3.54. The Morgan fingerprint density at radius 2 is 2.05 bits per heavy atom. The molecule has 0 amide bonds. The molecule has 1 aliphatic rings. The monoisotopic (exact) mass is 290 g/mol. The summed E-state index contributed by atoms with van der Waals surface area (Å²) in [5, 5.41) is 3.75. The number of rotatable bonds is 7. The summed E-state index contributed by atoms with van der Waals surface area (Å²) in [6.45, 7) is 3.27. The van der Waals surface area contributed by atoms with Crippen LogP contribution in [-0.4, -0.2) is 30.3 Å². The minimum Gasteiger partial charge on any atom is -0.377 e. The van der Waals surface area contributed by atoms with Gasteiger partial charge in [0, 0.05) is 25.5 Å². The summed E-state index contributed by atoms with van der Waals surface area (Å²) in [7, 11) is 1.90. The molecule has 0 aromatic carbocycles. The first-order valence-electron chi connectivity index (χ1n) is 8.48. The number of nitrogens with one attached hydrogen (secondary N) is 1. The zero-order valence-corrected chi connectivity index (χ0v) is 13.6. The highest BCUT2D eigenvalue weighted by atomic mass is 16.5. The molecule has 0 spiro atoms. The van der Waals surface area contributed by atoms with E-state index in [0.29, 0.717) is 6.04 Å². The summed E-state index contributed by atoms with van der Waals surface area (Å²) >= 11 is 0. The van der Waals surface area contributed by atoms with Crippen molar-refractivity contribution in [2.45, 2.75) is 69.9 Å². The van der Waals surface area contributed by atoms with E-state index in [2.05, 4.69) is 23.3 Å². The van der Waals surface area contributed by atoms with Crippen LogP contribution < -0.4 is 5.32 Å². The third-order valence-corrected chi connectivity index (χ3v) is 4.79.